The second kappa shape index (κ2) is 5.27. The van der Waals surface area contributed by atoms with Gasteiger partial charge in [0, 0.05) is 11.1 Å². The molecule has 1 aromatic carbocycles. The van der Waals surface area contributed by atoms with Gasteiger partial charge in [-0.3, -0.25) is 0 Å². The van der Waals surface area contributed by atoms with E-state index in [0.29, 0.717) is 0 Å². The summed E-state index contributed by atoms with van der Waals surface area (Å²) in [7, 11) is 0. The first-order valence-corrected chi connectivity index (χ1v) is 4.78. The van der Waals surface area contributed by atoms with Crippen molar-refractivity contribution >= 4 is 0 Å². The van der Waals surface area contributed by atoms with E-state index in [2.05, 4.69) is 0 Å². The fourth-order valence-corrected chi connectivity index (χ4v) is 1.46. The molecule has 4 N–H and O–H groups in total. The number of halogens is 4. The summed E-state index contributed by atoms with van der Waals surface area (Å²) in [6.07, 6.45) is -0.376. The normalized spacial score (nSPS) is 10.9. The van der Waals surface area contributed by atoms with Crippen LogP contribution in [0.3, 0.4) is 0 Å². The lowest BCUT2D eigenvalue weighted by Crippen LogP contribution is -2.15. The maximum absolute atomic E-state index is 13.6. The van der Waals surface area contributed by atoms with Crippen LogP contribution in [0.1, 0.15) is 11.1 Å². The Labute approximate surface area is 90.2 Å². The number of nitrogens with two attached hydrogens (primary N) is 2. The first-order valence-electron chi connectivity index (χ1n) is 4.78. The van der Waals surface area contributed by atoms with Crippen LogP contribution < -0.4 is 11.5 Å². The number of hydrogen-bond donors (Lipinski definition) is 2. The molecule has 0 radical (unpaired) electrons. The average molecular weight is 236 g/mol. The quantitative estimate of drug-likeness (QED) is 0.469. The third kappa shape index (κ3) is 2.17. The van der Waals surface area contributed by atoms with Crippen molar-refractivity contribution in [1.82, 2.24) is 0 Å². The zero-order chi connectivity index (χ0) is 12.3. The Morgan fingerprint density at radius 1 is 0.625 bits per heavy atom. The molecule has 0 spiro atoms. The first-order chi connectivity index (χ1) is 7.54. The third-order valence-corrected chi connectivity index (χ3v) is 2.23. The van der Waals surface area contributed by atoms with Crippen LogP contribution in [0.15, 0.2) is 0 Å². The van der Waals surface area contributed by atoms with E-state index in [1.807, 2.05) is 0 Å². The highest BCUT2D eigenvalue weighted by Gasteiger charge is 2.23. The van der Waals surface area contributed by atoms with Gasteiger partial charge in [-0.15, -0.1) is 0 Å². The molecule has 0 fully saturated rings. The van der Waals surface area contributed by atoms with Gasteiger partial charge < -0.3 is 11.5 Å². The van der Waals surface area contributed by atoms with Crippen molar-refractivity contribution in [2.45, 2.75) is 12.8 Å². The van der Waals surface area contributed by atoms with Gasteiger partial charge in [0.1, 0.15) is 5.82 Å². The molecule has 0 aliphatic rings. The van der Waals surface area contributed by atoms with Gasteiger partial charge in [0.15, 0.2) is 17.5 Å². The molecule has 6 heteroatoms. The van der Waals surface area contributed by atoms with Crippen LogP contribution in [0.2, 0.25) is 0 Å². The molecule has 0 aromatic heterocycles. The molecule has 90 valence electrons. The van der Waals surface area contributed by atoms with E-state index in [-0.39, 0.29) is 25.9 Å². The molecule has 0 unspecified atom stereocenters. The molecule has 0 aliphatic carbocycles. The minimum Gasteiger partial charge on any atom is -0.330 e. The summed E-state index contributed by atoms with van der Waals surface area (Å²) < 4.78 is 53.0. The fraction of sp³-hybridized carbons (Fsp3) is 0.400. The van der Waals surface area contributed by atoms with Crippen molar-refractivity contribution in [2.75, 3.05) is 13.1 Å². The highest BCUT2D eigenvalue weighted by molar-refractivity contribution is 5.31. The molecule has 0 saturated heterocycles. The SMILES string of the molecule is NCCc1c(F)c(F)c(F)c(CCN)c1F. The van der Waals surface area contributed by atoms with Gasteiger partial charge in [0.05, 0.1) is 0 Å². The van der Waals surface area contributed by atoms with Crippen molar-refractivity contribution in [3.05, 3.63) is 34.4 Å². The van der Waals surface area contributed by atoms with Crippen LogP contribution in [0, 0.1) is 23.3 Å². The molecular formula is C10H12F4N2. The summed E-state index contributed by atoms with van der Waals surface area (Å²) in [6.45, 7) is -0.109. The summed E-state index contributed by atoms with van der Waals surface area (Å²) in [6, 6.07) is 0. The zero-order valence-electron chi connectivity index (χ0n) is 8.49. The number of hydrogen-bond acceptors (Lipinski definition) is 2. The minimum absolute atomic E-state index is 0.0546. The summed E-state index contributed by atoms with van der Waals surface area (Å²) in [4.78, 5) is 0. The van der Waals surface area contributed by atoms with E-state index in [4.69, 9.17) is 11.5 Å². The van der Waals surface area contributed by atoms with Gasteiger partial charge >= 0.3 is 0 Å². The number of rotatable bonds is 4. The molecule has 0 amide bonds. The van der Waals surface area contributed by atoms with Crippen LogP contribution >= 0.6 is 0 Å². The molecule has 0 saturated carbocycles. The Balaban J connectivity index is 3.39. The van der Waals surface area contributed by atoms with Crippen molar-refractivity contribution in [3.63, 3.8) is 0 Å². The first kappa shape index (κ1) is 12.9. The van der Waals surface area contributed by atoms with Crippen LogP contribution in [0.25, 0.3) is 0 Å². The van der Waals surface area contributed by atoms with Crippen LogP contribution in [0.4, 0.5) is 17.6 Å². The molecule has 1 rings (SSSR count). The zero-order valence-corrected chi connectivity index (χ0v) is 8.49. The lowest BCUT2D eigenvalue weighted by atomic mass is 10.0. The summed E-state index contributed by atoms with van der Waals surface area (Å²) in [5, 5.41) is 0. The standard InChI is InChI=1S/C10H12F4N2/c11-7-5(1-3-15)8(12)10(14)9(13)6(7)2-4-16/h1-4,15-16H2. The Bertz CT molecular complexity index is 360. The Hall–Kier alpha value is -1.14. The molecule has 16 heavy (non-hydrogen) atoms. The second-order valence-corrected chi connectivity index (χ2v) is 3.29. The van der Waals surface area contributed by atoms with Gasteiger partial charge in [0.25, 0.3) is 0 Å². The Morgan fingerprint density at radius 3 is 1.31 bits per heavy atom. The predicted molar refractivity (Wildman–Crippen MR) is 51.8 cm³/mol. The predicted octanol–water partition coefficient (Wildman–Crippen LogP) is 1.25. The van der Waals surface area contributed by atoms with E-state index >= 15 is 0 Å². The molecule has 0 aliphatic heterocycles. The van der Waals surface area contributed by atoms with Crippen LogP contribution in [-0.2, 0) is 12.8 Å². The van der Waals surface area contributed by atoms with E-state index in [0.717, 1.165) is 0 Å². The summed E-state index contributed by atoms with van der Waals surface area (Å²) >= 11 is 0. The van der Waals surface area contributed by atoms with Crippen molar-refractivity contribution in [3.8, 4) is 0 Å². The van der Waals surface area contributed by atoms with Crippen molar-refractivity contribution in [1.29, 1.82) is 0 Å². The van der Waals surface area contributed by atoms with Crippen LogP contribution in [-0.4, -0.2) is 13.1 Å². The van der Waals surface area contributed by atoms with E-state index < -0.39 is 34.4 Å². The Morgan fingerprint density at radius 2 is 1.00 bits per heavy atom. The maximum Gasteiger partial charge on any atom is 0.195 e. The van der Waals surface area contributed by atoms with E-state index in [1.165, 1.54) is 0 Å². The van der Waals surface area contributed by atoms with Gasteiger partial charge in [-0.25, -0.2) is 17.6 Å². The fourth-order valence-electron chi connectivity index (χ4n) is 1.46. The highest BCUT2D eigenvalue weighted by Crippen LogP contribution is 2.24. The van der Waals surface area contributed by atoms with Gasteiger partial charge in [-0.1, -0.05) is 0 Å². The molecule has 2 nitrogen and oxygen atoms in total. The summed E-state index contributed by atoms with van der Waals surface area (Å²) in [5.74, 6) is -5.79. The monoisotopic (exact) mass is 236 g/mol. The largest absolute Gasteiger partial charge is 0.330 e. The lowest BCUT2D eigenvalue weighted by Gasteiger charge is -2.11. The van der Waals surface area contributed by atoms with E-state index in [1.54, 1.807) is 0 Å². The van der Waals surface area contributed by atoms with Gasteiger partial charge in [-0.05, 0) is 25.9 Å². The molecular weight excluding hydrogens is 224 g/mol. The minimum atomic E-state index is -1.67. The topological polar surface area (TPSA) is 52.0 Å². The van der Waals surface area contributed by atoms with Crippen LogP contribution in [0.5, 0.6) is 0 Å². The highest BCUT2D eigenvalue weighted by atomic mass is 19.2. The Kier molecular flexibility index (Phi) is 4.26. The average Bonchev–Trinajstić information content (AvgIpc) is 2.28. The summed E-state index contributed by atoms with van der Waals surface area (Å²) in [5.41, 5.74) is 9.23. The lowest BCUT2D eigenvalue weighted by molar-refractivity contribution is 0.415. The molecule has 0 heterocycles. The van der Waals surface area contributed by atoms with Crippen molar-refractivity contribution < 1.29 is 17.6 Å². The number of benzene rings is 1. The third-order valence-electron chi connectivity index (χ3n) is 2.23. The van der Waals surface area contributed by atoms with E-state index in [9.17, 15) is 17.6 Å². The molecule has 0 bridgehead atoms. The van der Waals surface area contributed by atoms with Gasteiger partial charge in [0.2, 0.25) is 0 Å². The van der Waals surface area contributed by atoms with Gasteiger partial charge in [-0.2, -0.15) is 0 Å². The smallest absolute Gasteiger partial charge is 0.195 e. The van der Waals surface area contributed by atoms with Crippen molar-refractivity contribution in [2.24, 2.45) is 11.5 Å². The molecule has 1 aromatic rings. The molecule has 0 atom stereocenters. The maximum atomic E-state index is 13.6. The second-order valence-electron chi connectivity index (χ2n) is 3.29.